The van der Waals surface area contributed by atoms with Gasteiger partial charge in [-0.2, -0.15) is 0 Å². The fraction of sp³-hybridized carbons (Fsp3) is 0.544. The van der Waals surface area contributed by atoms with Gasteiger partial charge >= 0.3 is 17.9 Å². The predicted molar refractivity (Wildman–Crippen MR) is 271 cm³/mol. The van der Waals surface area contributed by atoms with E-state index in [4.69, 9.17) is 18.9 Å². The molecule has 1 spiro atoms. The van der Waals surface area contributed by atoms with Crippen LogP contribution in [0, 0.1) is 11.3 Å². The first-order valence-electron chi connectivity index (χ1n) is 25.8. The Bertz CT molecular complexity index is 2820. The highest BCUT2D eigenvalue weighted by Crippen LogP contribution is 2.68. The summed E-state index contributed by atoms with van der Waals surface area (Å²) < 4.78 is 24.4. The molecule has 1 amide bonds. The van der Waals surface area contributed by atoms with E-state index in [1.54, 1.807) is 7.11 Å². The number of aromatic nitrogens is 1. The Labute approximate surface area is 417 Å². The van der Waals surface area contributed by atoms with Crippen LogP contribution in [0.3, 0.4) is 0 Å². The summed E-state index contributed by atoms with van der Waals surface area (Å²) in [5.74, 6) is -1.71. The molecule has 3 fully saturated rings. The number of hydrogen-bond acceptors (Lipinski definition) is 12. The van der Waals surface area contributed by atoms with E-state index in [1.165, 1.54) is 21.1 Å². The van der Waals surface area contributed by atoms with Crippen molar-refractivity contribution in [1.82, 2.24) is 20.1 Å². The van der Waals surface area contributed by atoms with Gasteiger partial charge in [-0.15, -0.1) is 0 Å². The number of nitrogens with zero attached hydrogens (tertiary/aromatic N) is 3. The van der Waals surface area contributed by atoms with E-state index in [-0.39, 0.29) is 17.9 Å². The lowest BCUT2D eigenvalue weighted by Crippen LogP contribution is -2.81. The number of methoxy groups -OCH3 is 3. The molecule has 10 rings (SSSR count). The molecule has 14 nitrogen and oxygen atoms in total. The third-order valence-corrected chi connectivity index (χ3v) is 18.1. The Morgan fingerprint density at radius 2 is 1.61 bits per heavy atom. The van der Waals surface area contributed by atoms with Crippen molar-refractivity contribution in [1.29, 1.82) is 0 Å². The van der Waals surface area contributed by atoms with Crippen molar-refractivity contribution in [3.63, 3.8) is 0 Å². The fourth-order valence-corrected chi connectivity index (χ4v) is 15.3. The number of esters is 3. The zero-order chi connectivity index (χ0) is 50.4. The number of fused-ring (bicyclic) bond motifs is 6. The standard InChI is InChI=1S/C57H71N5O9/c1-10-35-25-36(11-2)27-38(26-35)47(64)59-53(12-3)30-37-31-56(51(65)69-8,46-40(19-23-61(32-37)33-53)39-17-14-15-18-43(39)58-46)42-28-41-44(29-45(42)68-7)60(6)49-55(41)21-24-62-22-16-20-54(13-4,48(55)62)50(71-34(5)63)57(49,67)52(66)70-9/h14-18,20,25-29,37,48-50,58,67H,10-13,19,21-24,30-33H2,1-9H3,(H,59,64)/t37-,48+,49-,50-,53+,54-,55-,56+,57+/m1/s1. The fourth-order valence-electron chi connectivity index (χ4n) is 15.3. The molecule has 1 saturated carbocycles. The summed E-state index contributed by atoms with van der Waals surface area (Å²) in [7, 11) is 6.20. The summed E-state index contributed by atoms with van der Waals surface area (Å²) in [6, 6.07) is 17.2. The predicted octanol–water partition coefficient (Wildman–Crippen LogP) is 6.55. The molecule has 2 saturated heterocycles. The molecule has 5 aliphatic heterocycles. The monoisotopic (exact) mass is 970 g/mol. The van der Waals surface area contributed by atoms with E-state index in [0.29, 0.717) is 88.1 Å². The first kappa shape index (κ1) is 48.9. The number of rotatable bonds is 11. The largest absolute Gasteiger partial charge is 0.496 e. The van der Waals surface area contributed by atoms with E-state index in [2.05, 4.69) is 71.2 Å². The van der Waals surface area contributed by atoms with Gasteiger partial charge in [0, 0.05) is 96.5 Å². The quantitative estimate of drug-likeness (QED) is 0.0846. The van der Waals surface area contributed by atoms with Crippen LogP contribution in [0.15, 0.2) is 66.7 Å². The second-order valence-corrected chi connectivity index (χ2v) is 21.5. The summed E-state index contributed by atoms with van der Waals surface area (Å²) in [5.41, 5.74) is 1.42. The van der Waals surface area contributed by atoms with Crippen LogP contribution in [0.25, 0.3) is 10.9 Å². The molecular formula is C57H71N5O9. The van der Waals surface area contributed by atoms with Gasteiger partial charge in [-0.25, -0.2) is 4.79 Å². The number of aromatic amines is 1. The van der Waals surface area contributed by atoms with Crippen LogP contribution in [0.4, 0.5) is 5.69 Å². The maximum absolute atomic E-state index is 15.8. The maximum Gasteiger partial charge on any atom is 0.344 e. The molecule has 1 unspecified atom stereocenters. The average Bonchev–Trinajstić information content (AvgIpc) is 4.05. The van der Waals surface area contributed by atoms with Gasteiger partial charge in [0.15, 0.2) is 6.10 Å². The van der Waals surface area contributed by atoms with Gasteiger partial charge in [0.2, 0.25) is 5.60 Å². The highest BCUT2D eigenvalue weighted by molar-refractivity contribution is 5.96. The molecule has 3 N–H and O–H groups in total. The SMILES string of the molecule is CCc1cc(CC)cc(C(=O)N[C@@]2(CC)C[C@H]3CN(CCc4c([nH]c5ccccc45)[C@@](C(=O)OC)(c4cc5c(cc4OC)N(C)[C@H]4[C@@](O)(C(=O)OC)[C@H](OC(C)=O)[C@]6(CC)C=CCN7CC[C@]54[C@@H]76)C3)C2)c1. The van der Waals surface area contributed by atoms with Gasteiger partial charge in [0.25, 0.3) is 5.91 Å². The lowest BCUT2D eigenvalue weighted by Gasteiger charge is -2.63. The van der Waals surface area contributed by atoms with Crippen molar-refractivity contribution < 1.29 is 43.2 Å². The van der Waals surface area contributed by atoms with Gasteiger partial charge in [0.1, 0.15) is 11.2 Å². The highest BCUT2D eigenvalue weighted by atomic mass is 16.6. The van der Waals surface area contributed by atoms with Crippen LogP contribution in [0.5, 0.6) is 5.75 Å². The number of aliphatic hydroxyl groups is 1. The molecule has 14 heteroatoms. The van der Waals surface area contributed by atoms with Crippen LogP contribution in [-0.4, -0.2) is 134 Å². The number of carbonyl (C=O) groups is 4. The number of aryl methyl sites for hydroxylation is 2. The molecule has 2 bridgehead atoms. The van der Waals surface area contributed by atoms with Crippen LogP contribution < -0.4 is 15.0 Å². The molecule has 6 aliphatic rings. The molecule has 378 valence electrons. The number of H-pyrrole nitrogens is 1. The third kappa shape index (κ3) is 6.96. The third-order valence-electron chi connectivity index (χ3n) is 18.1. The zero-order valence-corrected chi connectivity index (χ0v) is 42.9. The summed E-state index contributed by atoms with van der Waals surface area (Å²) in [6.07, 6.45) is 7.72. The Morgan fingerprint density at radius 1 is 0.873 bits per heavy atom. The molecule has 0 radical (unpaired) electrons. The average molecular weight is 970 g/mol. The first-order chi connectivity index (χ1) is 34.1. The lowest BCUT2D eigenvalue weighted by molar-refractivity contribution is -0.228. The van der Waals surface area contributed by atoms with Gasteiger partial charge < -0.3 is 44.2 Å². The minimum Gasteiger partial charge on any atom is -0.496 e. The number of hydrogen-bond donors (Lipinski definition) is 3. The van der Waals surface area contributed by atoms with Crippen molar-refractivity contribution >= 4 is 40.4 Å². The summed E-state index contributed by atoms with van der Waals surface area (Å²) in [4.78, 5) is 68.8. The Hall–Kier alpha value is -5.70. The number of benzene rings is 3. The number of carbonyl (C=O) groups excluding carboxylic acids is 4. The molecule has 4 aromatic rings. The number of anilines is 1. The molecule has 6 heterocycles. The Kier molecular flexibility index (Phi) is 12.3. The molecule has 10 atom stereocenters. The minimum atomic E-state index is -2.33. The molecule has 1 aliphatic carbocycles. The number of nitrogens with one attached hydrogen (secondary N) is 2. The first-order valence-corrected chi connectivity index (χ1v) is 25.8. The minimum absolute atomic E-state index is 0.0948. The van der Waals surface area contributed by atoms with E-state index >= 15 is 4.79 Å². The maximum atomic E-state index is 15.8. The summed E-state index contributed by atoms with van der Waals surface area (Å²) in [6.45, 7) is 13.0. The van der Waals surface area contributed by atoms with Crippen LogP contribution >= 0.6 is 0 Å². The summed E-state index contributed by atoms with van der Waals surface area (Å²) in [5, 5.41) is 18.1. The number of piperidine rings is 1. The smallest absolute Gasteiger partial charge is 0.344 e. The highest BCUT2D eigenvalue weighted by Gasteiger charge is 2.80. The Balaban J connectivity index is 1.20. The van der Waals surface area contributed by atoms with Gasteiger partial charge in [0.05, 0.1) is 32.9 Å². The Morgan fingerprint density at radius 3 is 2.27 bits per heavy atom. The lowest BCUT2D eigenvalue weighted by atomic mass is 9.47. The number of para-hydroxylation sites is 1. The zero-order valence-electron chi connectivity index (χ0n) is 42.9. The second kappa shape index (κ2) is 17.8. The van der Waals surface area contributed by atoms with Gasteiger partial charge in [-0.1, -0.05) is 64.1 Å². The van der Waals surface area contributed by atoms with E-state index < -0.39 is 57.4 Å². The van der Waals surface area contributed by atoms with Crippen LogP contribution in [0.2, 0.25) is 0 Å². The van der Waals surface area contributed by atoms with E-state index in [0.717, 1.165) is 57.4 Å². The van der Waals surface area contributed by atoms with Gasteiger partial charge in [-0.3, -0.25) is 19.3 Å². The summed E-state index contributed by atoms with van der Waals surface area (Å²) >= 11 is 0. The molecule has 1 aromatic heterocycles. The van der Waals surface area contributed by atoms with Gasteiger partial charge in [-0.05, 0) is 110 Å². The number of likely N-dealkylation sites (N-methyl/N-ethyl adjacent to an activating group) is 1. The van der Waals surface area contributed by atoms with Crippen molar-refractivity contribution in [2.75, 3.05) is 66.0 Å². The van der Waals surface area contributed by atoms with Crippen LogP contribution in [-0.2, 0) is 58.7 Å². The molecule has 3 aromatic carbocycles. The molecule has 71 heavy (non-hydrogen) atoms. The second-order valence-electron chi connectivity index (χ2n) is 21.5. The molecular weight excluding hydrogens is 899 g/mol. The van der Waals surface area contributed by atoms with Crippen LogP contribution in [0.1, 0.15) is 111 Å². The number of amides is 1. The number of ether oxygens (including phenoxy) is 4. The van der Waals surface area contributed by atoms with Crippen molar-refractivity contribution in [2.45, 2.75) is 126 Å². The van der Waals surface area contributed by atoms with Crippen molar-refractivity contribution in [3.8, 4) is 5.75 Å². The normalized spacial score (nSPS) is 32.6. The van der Waals surface area contributed by atoms with E-state index in [9.17, 15) is 19.5 Å². The van der Waals surface area contributed by atoms with Crippen molar-refractivity contribution in [3.05, 3.63) is 106 Å². The van der Waals surface area contributed by atoms with E-state index in [1.807, 2.05) is 55.3 Å². The van der Waals surface area contributed by atoms with Crippen molar-refractivity contribution in [2.24, 2.45) is 11.3 Å². The topological polar surface area (TPSA) is 163 Å².